The number of nitrogens with one attached hydrogen (secondary N) is 2. The van der Waals surface area contributed by atoms with Gasteiger partial charge in [-0.3, -0.25) is 14.6 Å². The molecule has 2 aromatic heterocycles. The van der Waals surface area contributed by atoms with Crippen molar-refractivity contribution in [3.8, 4) is 11.3 Å². The minimum absolute atomic E-state index is 0.123. The number of amides is 1. The number of aromatic nitrogens is 3. The van der Waals surface area contributed by atoms with E-state index in [-0.39, 0.29) is 11.5 Å². The van der Waals surface area contributed by atoms with Crippen LogP contribution >= 0.6 is 11.6 Å². The highest BCUT2D eigenvalue weighted by Crippen LogP contribution is 2.28. The molecule has 0 saturated carbocycles. The predicted molar refractivity (Wildman–Crippen MR) is 135 cm³/mol. The summed E-state index contributed by atoms with van der Waals surface area (Å²) < 4.78 is 14.3. The van der Waals surface area contributed by atoms with Crippen molar-refractivity contribution < 1.29 is 9.18 Å². The van der Waals surface area contributed by atoms with E-state index in [1.54, 1.807) is 31.3 Å². The van der Waals surface area contributed by atoms with Crippen LogP contribution in [0.2, 0.25) is 5.02 Å². The average molecular weight is 499 g/mol. The third-order valence-corrected chi connectivity index (χ3v) is 6.00. The number of aryl methyl sites for hydroxylation is 1. The molecule has 0 aliphatic carbocycles. The third-order valence-electron chi connectivity index (χ3n) is 5.77. The van der Waals surface area contributed by atoms with E-state index in [9.17, 15) is 9.18 Å². The Kier molecular flexibility index (Phi) is 8.19. The van der Waals surface area contributed by atoms with Crippen molar-refractivity contribution in [3.05, 3.63) is 59.1 Å². The lowest BCUT2D eigenvalue weighted by Crippen LogP contribution is -2.49. The zero-order valence-electron chi connectivity index (χ0n) is 19.5. The lowest BCUT2D eigenvalue weighted by atomic mass is 10.1. The number of carbonyl (C=O) groups is 1. The van der Waals surface area contributed by atoms with Crippen LogP contribution in [-0.4, -0.2) is 76.7 Å². The number of nitrogens with two attached hydrogens (primary N) is 1. The zero-order valence-corrected chi connectivity index (χ0v) is 20.2. The lowest BCUT2D eigenvalue weighted by Gasteiger charge is -2.33. The van der Waals surface area contributed by atoms with Crippen LogP contribution in [0.15, 0.2) is 42.6 Å². The van der Waals surface area contributed by atoms with E-state index in [0.717, 1.165) is 32.7 Å². The van der Waals surface area contributed by atoms with Crippen LogP contribution < -0.4 is 16.4 Å². The van der Waals surface area contributed by atoms with Gasteiger partial charge in [-0.2, -0.15) is 10.2 Å². The van der Waals surface area contributed by atoms with Crippen LogP contribution in [0.1, 0.15) is 5.69 Å². The molecule has 9 nitrogen and oxygen atoms in total. The molecule has 4 rings (SSSR count). The van der Waals surface area contributed by atoms with Crippen molar-refractivity contribution in [2.24, 2.45) is 5.73 Å². The number of halogens is 2. The quantitative estimate of drug-likeness (QED) is 0.434. The molecule has 1 fully saturated rings. The molecule has 11 heteroatoms. The maximum Gasteiger partial charge on any atom is 0.239 e. The molecular formula is C24H28ClFN8O. The second-order valence-corrected chi connectivity index (χ2v) is 8.80. The molecule has 4 N–H and O–H groups in total. The summed E-state index contributed by atoms with van der Waals surface area (Å²) in [4.78, 5) is 21.2. The Morgan fingerprint density at radius 1 is 1.11 bits per heavy atom. The van der Waals surface area contributed by atoms with Gasteiger partial charge in [-0.25, -0.2) is 9.37 Å². The standard InChI is InChI=1S/C24H28ClFN8O/c1-16-21(14-22(32-31-16)19-12-17(25)2-3-20(19)26)29-18-4-6-28-23(13-18)30-24(35)15-34-10-8-33(7-5-27)9-11-34/h2-4,6,12-14H,5,7-11,15,27H2,1H3,(H2,28,29,30,32,35). The molecule has 1 aliphatic heterocycles. The van der Waals surface area contributed by atoms with Gasteiger partial charge in [0.05, 0.1) is 23.6 Å². The van der Waals surface area contributed by atoms with Crippen LogP contribution in [0.4, 0.5) is 21.6 Å². The van der Waals surface area contributed by atoms with Crippen LogP contribution in [0.3, 0.4) is 0 Å². The fraction of sp³-hybridized carbons (Fsp3) is 0.333. The minimum Gasteiger partial charge on any atom is -0.354 e. The summed E-state index contributed by atoms with van der Waals surface area (Å²) in [7, 11) is 0. The summed E-state index contributed by atoms with van der Waals surface area (Å²) in [6, 6.07) is 9.50. The van der Waals surface area contributed by atoms with Crippen LogP contribution in [0.5, 0.6) is 0 Å². The molecule has 184 valence electrons. The molecule has 0 spiro atoms. The molecule has 0 bridgehead atoms. The van der Waals surface area contributed by atoms with Gasteiger partial charge in [-0.15, -0.1) is 0 Å². The number of nitrogens with zero attached hydrogens (tertiary/aromatic N) is 5. The van der Waals surface area contributed by atoms with Gasteiger partial charge in [0.1, 0.15) is 11.6 Å². The fourth-order valence-corrected chi connectivity index (χ4v) is 4.05. The first-order valence-corrected chi connectivity index (χ1v) is 11.8. The van der Waals surface area contributed by atoms with Crippen LogP contribution in [-0.2, 0) is 4.79 Å². The molecule has 1 amide bonds. The highest BCUT2D eigenvalue weighted by Gasteiger charge is 2.18. The number of hydrogen-bond acceptors (Lipinski definition) is 8. The summed E-state index contributed by atoms with van der Waals surface area (Å²) >= 11 is 6.03. The Morgan fingerprint density at radius 2 is 1.89 bits per heavy atom. The second-order valence-electron chi connectivity index (χ2n) is 8.36. The molecular weight excluding hydrogens is 471 g/mol. The van der Waals surface area contributed by atoms with Gasteiger partial charge in [-0.05, 0) is 37.3 Å². The fourth-order valence-electron chi connectivity index (χ4n) is 3.88. The molecule has 3 heterocycles. The highest BCUT2D eigenvalue weighted by molar-refractivity contribution is 6.30. The van der Waals surface area contributed by atoms with Crippen molar-refractivity contribution in [1.29, 1.82) is 0 Å². The SMILES string of the molecule is Cc1nnc(-c2cc(Cl)ccc2F)cc1Nc1ccnc(NC(=O)CN2CCN(CCN)CC2)c1. The van der Waals surface area contributed by atoms with Gasteiger partial charge in [0, 0.05) is 67.8 Å². The van der Waals surface area contributed by atoms with Crippen molar-refractivity contribution >= 4 is 34.7 Å². The van der Waals surface area contributed by atoms with E-state index < -0.39 is 5.82 Å². The van der Waals surface area contributed by atoms with E-state index in [4.69, 9.17) is 17.3 Å². The molecule has 35 heavy (non-hydrogen) atoms. The van der Waals surface area contributed by atoms with Gasteiger partial charge >= 0.3 is 0 Å². The van der Waals surface area contributed by atoms with E-state index in [2.05, 4.69) is 35.6 Å². The first kappa shape index (κ1) is 24.9. The molecule has 0 unspecified atom stereocenters. The van der Waals surface area contributed by atoms with Crippen LogP contribution in [0, 0.1) is 12.7 Å². The Labute approximate surface area is 208 Å². The van der Waals surface area contributed by atoms with Crippen molar-refractivity contribution in [2.75, 3.05) is 56.4 Å². The van der Waals surface area contributed by atoms with Crippen molar-refractivity contribution in [3.63, 3.8) is 0 Å². The van der Waals surface area contributed by atoms with Gasteiger partial charge < -0.3 is 16.4 Å². The number of anilines is 3. The monoisotopic (exact) mass is 498 g/mol. The number of benzene rings is 1. The molecule has 1 aliphatic rings. The Morgan fingerprint density at radius 3 is 2.66 bits per heavy atom. The van der Waals surface area contributed by atoms with Gasteiger partial charge in [0.25, 0.3) is 0 Å². The van der Waals surface area contributed by atoms with Gasteiger partial charge in [-0.1, -0.05) is 11.6 Å². The normalized spacial score (nSPS) is 14.6. The van der Waals surface area contributed by atoms with E-state index in [1.807, 2.05) is 0 Å². The number of hydrogen-bond donors (Lipinski definition) is 3. The average Bonchev–Trinajstić information content (AvgIpc) is 2.84. The zero-order chi connectivity index (χ0) is 24.8. The third kappa shape index (κ3) is 6.70. The summed E-state index contributed by atoms with van der Waals surface area (Å²) in [5.41, 5.74) is 8.21. The number of rotatable bonds is 8. The first-order valence-electron chi connectivity index (χ1n) is 11.4. The summed E-state index contributed by atoms with van der Waals surface area (Å²) in [6.45, 7) is 7.09. The Balaban J connectivity index is 1.40. The van der Waals surface area contributed by atoms with Crippen molar-refractivity contribution in [2.45, 2.75) is 6.92 Å². The van der Waals surface area contributed by atoms with E-state index in [1.165, 1.54) is 18.2 Å². The molecule has 0 radical (unpaired) electrons. The molecule has 3 aromatic rings. The molecule has 1 aromatic carbocycles. The Bertz CT molecular complexity index is 1190. The topological polar surface area (TPSA) is 112 Å². The summed E-state index contributed by atoms with van der Waals surface area (Å²) in [6.07, 6.45) is 1.60. The van der Waals surface area contributed by atoms with Gasteiger partial charge in [0.15, 0.2) is 0 Å². The van der Waals surface area contributed by atoms with E-state index in [0.29, 0.717) is 46.7 Å². The van der Waals surface area contributed by atoms with Gasteiger partial charge in [0.2, 0.25) is 5.91 Å². The highest BCUT2D eigenvalue weighted by atomic mass is 35.5. The number of carbonyl (C=O) groups excluding carboxylic acids is 1. The smallest absolute Gasteiger partial charge is 0.239 e. The Hall–Kier alpha value is -3.18. The maximum absolute atomic E-state index is 14.3. The largest absolute Gasteiger partial charge is 0.354 e. The number of piperazine rings is 1. The summed E-state index contributed by atoms with van der Waals surface area (Å²) in [5.74, 6) is -0.127. The van der Waals surface area contributed by atoms with Crippen molar-refractivity contribution in [1.82, 2.24) is 25.0 Å². The predicted octanol–water partition coefficient (Wildman–Crippen LogP) is 2.90. The van der Waals surface area contributed by atoms with Crippen LogP contribution in [0.25, 0.3) is 11.3 Å². The maximum atomic E-state index is 14.3. The molecule has 1 saturated heterocycles. The first-order chi connectivity index (χ1) is 16.9. The van der Waals surface area contributed by atoms with E-state index >= 15 is 0 Å². The summed E-state index contributed by atoms with van der Waals surface area (Å²) in [5, 5.41) is 14.8. The molecule has 0 atom stereocenters. The lowest BCUT2D eigenvalue weighted by molar-refractivity contribution is -0.117. The number of pyridine rings is 1. The second kappa shape index (κ2) is 11.5. The minimum atomic E-state index is -0.437.